The second kappa shape index (κ2) is 6.41. The Morgan fingerprint density at radius 1 is 1.17 bits per heavy atom. The second-order valence-electron chi connectivity index (χ2n) is 6.15. The van der Waals surface area contributed by atoms with Gasteiger partial charge in [0.15, 0.2) is 5.96 Å². The fourth-order valence-corrected chi connectivity index (χ4v) is 2.63. The van der Waals surface area contributed by atoms with Crippen LogP contribution in [0.25, 0.3) is 0 Å². The molecule has 4 nitrogen and oxygen atoms in total. The third kappa shape index (κ3) is 4.16. The average molecular weight is 255 g/mol. The summed E-state index contributed by atoms with van der Waals surface area (Å²) in [4.78, 5) is 8.94. The quantitative estimate of drug-likeness (QED) is 0.571. The van der Waals surface area contributed by atoms with Crippen molar-refractivity contribution in [3.8, 4) is 0 Å². The van der Waals surface area contributed by atoms with Crippen LogP contribution in [0, 0.1) is 5.41 Å². The highest BCUT2D eigenvalue weighted by atomic mass is 16.5. The minimum absolute atomic E-state index is 0.340. The first-order valence-electron chi connectivity index (χ1n) is 6.80. The maximum absolute atomic E-state index is 5.43. The van der Waals surface area contributed by atoms with Crippen molar-refractivity contribution in [1.82, 2.24) is 9.80 Å². The molecule has 0 N–H and O–H groups in total. The maximum atomic E-state index is 5.43. The first kappa shape index (κ1) is 15.3. The molecule has 0 aromatic heterocycles. The number of rotatable bonds is 3. The highest BCUT2D eigenvalue weighted by Gasteiger charge is 2.31. The number of hydrogen-bond donors (Lipinski definition) is 0. The van der Waals surface area contributed by atoms with Gasteiger partial charge in [0.1, 0.15) is 0 Å². The van der Waals surface area contributed by atoms with Crippen molar-refractivity contribution in [1.29, 1.82) is 0 Å². The molecule has 106 valence electrons. The van der Waals surface area contributed by atoms with Crippen LogP contribution in [0.1, 0.15) is 32.6 Å². The van der Waals surface area contributed by atoms with Crippen LogP contribution in [0.3, 0.4) is 0 Å². The van der Waals surface area contributed by atoms with Crippen LogP contribution in [-0.4, -0.2) is 63.7 Å². The molecule has 0 aromatic rings. The molecule has 0 saturated heterocycles. The van der Waals surface area contributed by atoms with Crippen LogP contribution < -0.4 is 0 Å². The van der Waals surface area contributed by atoms with Crippen molar-refractivity contribution in [2.75, 3.05) is 41.8 Å². The Morgan fingerprint density at radius 3 is 2.06 bits per heavy atom. The molecular weight excluding hydrogens is 226 g/mol. The fourth-order valence-electron chi connectivity index (χ4n) is 2.63. The summed E-state index contributed by atoms with van der Waals surface area (Å²) < 4.78 is 5.43. The van der Waals surface area contributed by atoms with Gasteiger partial charge in [-0.2, -0.15) is 0 Å². The van der Waals surface area contributed by atoms with Crippen molar-refractivity contribution in [2.24, 2.45) is 10.4 Å². The summed E-state index contributed by atoms with van der Waals surface area (Å²) in [6.45, 7) is 3.26. The van der Waals surface area contributed by atoms with Gasteiger partial charge in [-0.25, -0.2) is 0 Å². The Labute approximate surface area is 112 Å². The van der Waals surface area contributed by atoms with E-state index in [0.717, 1.165) is 12.5 Å². The van der Waals surface area contributed by atoms with Gasteiger partial charge in [0.25, 0.3) is 0 Å². The smallest absolute Gasteiger partial charge is 0.195 e. The molecule has 0 radical (unpaired) electrons. The summed E-state index contributed by atoms with van der Waals surface area (Å²) in [5.41, 5.74) is 0.340. The number of hydrogen-bond acceptors (Lipinski definition) is 2. The minimum atomic E-state index is 0.340. The molecule has 1 fully saturated rings. The molecule has 0 heterocycles. The second-order valence-corrected chi connectivity index (χ2v) is 6.15. The lowest BCUT2D eigenvalue weighted by molar-refractivity contribution is 0.0351. The molecule has 1 rings (SSSR count). The predicted octanol–water partition coefficient (Wildman–Crippen LogP) is 2.06. The summed E-state index contributed by atoms with van der Waals surface area (Å²) in [7, 11) is 10.00. The third-order valence-corrected chi connectivity index (χ3v) is 3.88. The molecule has 0 atom stereocenters. The van der Waals surface area contributed by atoms with Crippen molar-refractivity contribution < 1.29 is 4.74 Å². The summed E-state index contributed by atoms with van der Waals surface area (Å²) in [6, 6.07) is 0. The lowest BCUT2D eigenvalue weighted by Gasteiger charge is -2.36. The number of aliphatic imine (C=N–C) groups is 1. The van der Waals surface area contributed by atoms with E-state index in [1.165, 1.54) is 25.7 Å². The first-order valence-corrected chi connectivity index (χ1v) is 6.80. The summed E-state index contributed by atoms with van der Waals surface area (Å²) >= 11 is 0. The van der Waals surface area contributed by atoms with E-state index in [1.807, 2.05) is 35.3 Å². The predicted molar refractivity (Wildman–Crippen MR) is 77.0 cm³/mol. The standard InChI is InChI=1S/C14H29N3O/c1-14(9-7-12(18-6)8-10-14)11-15-13(16(2)3)17(4)5/h12H,7-11H2,1-6H3. The van der Waals surface area contributed by atoms with Crippen LogP contribution in [0.15, 0.2) is 4.99 Å². The molecular formula is C14H29N3O. The van der Waals surface area contributed by atoms with E-state index in [2.05, 4.69) is 16.7 Å². The molecule has 0 spiro atoms. The zero-order valence-corrected chi connectivity index (χ0v) is 12.9. The van der Waals surface area contributed by atoms with Crippen molar-refractivity contribution >= 4 is 5.96 Å². The van der Waals surface area contributed by atoms with Crippen molar-refractivity contribution in [3.05, 3.63) is 0 Å². The van der Waals surface area contributed by atoms with Gasteiger partial charge < -0.3 is 14.5 Å². The SMILES string of the molecule is COC1CCC(C)(CN=C(N(C)C)N(C)C)CC1. The molecule has 0 bridgehead atoms. The van der Waals surface area contributed by atoms with Crippen LogP contribution >= 0.6 is 0 Å². The zero-order valence-electron chi connectivity index (χ0n) is 12.9. The van der Waals surface area contributed by atoms with Gasteiger partial charge in [0.05, 0.1) is 6.10 Å². The van der Waals surface area contributed by atoms with Gasteiger partial charge in [0, 0.05) is 41.8 Å². The molecule has 1 saturated carbocycles. The van der Waals surface area contributed by atoms with Crippen LogP contribution in [0.5, 0.6) is 0 Å². The summed E-state index contributed by atoms with van der Waals surface area (Å²) in [5, 5.41) is 0. The lowest BCUT2D eigenvalue weighted by atomic mass is 9.75. The van der Waals surface area contributed by atoms with E-state index in [4.69, 9.17) is 9.73 Å². The number of nitrogens with zero attached hydrogens (tertiary/aromatic N) is 3. The average Bonchev–Trinajstić information content (AvgIpc) is 2.29. The van der Waals surface area contributed by atoms with E-state index >= 15 is 0 Å². The van der Waals surface area contributed by atoms with E-state index in [-0.39, 0.29) is 0 Å². The van der Waals surface area contributed by atoms with Gasteiger partial charge in [0.2, 0.25) is 0 Å². The molecule has 0 aromatic carbocycles. The van der Waals surface area contributed by atoms with Crippen LogP contribution in [0.4, 0.5) is 0 Å². The summed E-state index contributed by atoms with van der Waals surface area (Å²) in [6.07, 6.45) is 5.22. The van der Waals surface area contributed by atoms with Gasteiger partial charge in [-0.05, 0) is 31.1 Å². The van der Waals surface area contributed by atoms with Crippen molar-refractivity contribution in [3.63, 3.8) is 0 Å². The highest BCUT2D eigenvalue weighted by Crippen LogP contribution is 2.37. The monoisotopic (exact) mass is 255 g/mol. The van der Waals surface area contributed by atoms with Gasteiger partial charge in [-0.1, -0.05) is 6.92 Å². The molecule has 18 heavy (non-hydrogen) atoms. The molecule has 0 aliphatic heterocycles. The van der Waals surface area contributed by atoms with E-state index in [9.17, 15) is 0 Å². The number of guanidine groups is 1. The van der Waals surface area contributed by atoms with Gasteiger partial charge in [-0.15, -0.1) is 0 Å². The molecule has 0 amide bonds. The molecule has 0 unspecified atom stereocenters. The van der Waals surface area contributed by atoms with E-state index in [1.54, 1.807) is 0 Å². The Balaban J connectivity index is 2.58. The van der Waals surface area contributed by atoms with Gasteiger partial charge >= 0.3 is 0 Å². The lowest BCUT2D eigenvalue weighted by Crippen LogP contribution is -2.37. The molecule has 1 aliphatic rings. The Kier molecular flexibility index (Phi) is 5.45. The molecule has 1 aliphatic carbocycles. The third-order valence-electron chi connectivity index (χ3n) is 3.88. The van der Waals surface area contributed by atoms with E-state index < -0.39 is 0 Å². The fraction of sp³-hybridized carbons (Fsp3) is 0.929. The normalized spacial score (nSPS) is 27.8. The Hall–Kier alpha value is -0.770. The van der Waals surface area contributed by atoms with Gasteiger partial charge in [-0.3, -0.25) is 4.99 Å². The molecule has 4 heteroatoms. The Bertz CT molecular complexity index is 269. The van der Waals surface area contributed by atoms with Crippen LogP contribution in [-0.2, 0) is 4.74 Å². The largest absolute Gasteiger partial charge is 0.381 e. The number of methoxy groups -OCH3 is 1. The Morgan fingerprint density at radius 2 is 1.67 bits per heavy atom. The maximum Gasteiger partial charge on any atom is 0.195 e. The number of ether oxygens (including phenoxy) is 1. The van der Waals surface area contributed by atoms with Crippen molar-refractivity contribution in [2.45, 2.75) is 38.7 Å². The summed E-state index contributed by atoms with van der Waals surface area (Å²) in [5.74, 6) is 1.05. The first-order chi connectivity index (χ1) is 8.38. The van der Waals surface area contributed by atoms with Crippen LogP contribution in [0.2, 0.25) is 0 Å². The topological polar surface area (TPSA) is 28.1 Å². The zero-order chi connectivity index (χ0) is 13.8. The van der Waals surface area contributed by atoms with E-state index in [0.29, 0.717) is 11.5 Å². The minimum Gasteiger partial charge on any atom is -0.381 e. The highest BCUT2D eigenvalue weighted by molar-refractivity contribution is 5.79.